The second kappa shape index (κ2) is 8.04. The van der Waals surface area contributed by atoms with E-state index in [4.69, 9.17) is 14.2 Å². The standard InChI is InChI=1S/C21H20N2O5/c1-12-13(2)23-18-9-14(5-8-17(18)22-12)21(25)28-11-19(24)16-7-6-15(26-3)10-20(16)27-4/h5-10H,11H2,1-4H3. The smallest absolute Gasteiger partial charge is 0.338 e. The van der Waals surface area contributed by atoms with Crippen LogP contribution < -0.4 is 9.47 Å². The Kier molecular flexibility index (Phi) is 5.54. The Morgan fingerprint density at radius 3 is 2.29 bits per heavy atom. The zero-order valence-corrected chi connectivity index (χ0v) is 16.1. The summed E-state index contributed by atoms with van der Waals surface area (Å²) in [6, 6.07) is 9.73. The summed E-state index contributed by atoms with van der Waals surface area (Å²) in [6.45, 7) is 3.33. The lowest BCUT2D eigenvalue weighted by atomic mass is 10.1. The summed E-state index contributed by atoms with van der Waals surface area (Å²) in [5.41, 5.74) is 3.53. The van der Waals surface area contributed by atoms with Crippen LogP contribution in [0.5, 0.6) is 11.5 Å². The van der Waals surface area contributed by atoms with Gasteiger partial charge in [0.15, 0.2) is 6.61 Å². The maximum atomic E-state index is 12.4. The molecule has 0 bridgehead atoms. The van der Waals surface area contributed by atoms with Crippen LogP contribution in [0.3, 0.4) is 0 Å². The average Bonchev–Trinajstić information content (AvgIpc) is 2.71. The van der Waals surface area contributed by atoms with Gasteiger partial charge in [-0.2, -0.15) is 0 Å². The summed E-state index contributed by atoms with van der Waals surface area (Å²) < 4.78 is 15.5. The highest BCUT2D eigenvalue weighted by atomic mass is 16.5. The third kappa shape index (κ3) is 3.93. The van der Waals surface area contributed by atoms with E-state index < -0.39 is 12.6 Å². The molecular weight excluding hydrogens is 360 g/mol. The predicted octanol–water partition coefficient (Wildman–Crippen LogP) is 3.30. The lowest BCUT2D eigenvalue weighted by Gasteiger charge is -2.10. The van der Waals surface area contributed by atoms with E-state index in [9.17, 15) is 9.59 Å². The maximum Gasteiger partial charge on any atom is 0.338 e. The Hall–Kier alpha value is -3.48. The van der Waals surface area contributed by atoms with Gasteiger partial charge in [-0.1, -0.05) is 0 Å². The van der Waals surface area contributed by atoms with Crippen molar-refractivity contribution in [3.63, 3.8) is 0 Å². The van der Waals surface area contributed by atoms with Crippen molar-refractivity contribution in [2.45, 2.75) is 13.8 Å². The van der Waals surface area contributed by atoms with Gasteiger partial charge in [-0.3, -0.25) is 4.79 Å². The minimum Gasteiger partial charge on any atom is -0.497 e. The SMILES string of the molecule is COc1ccc(C(=O)COC(=O)c2ccc3nc(C)c(C)nc3c2)c(OC)c1. The molecule has 28 heavy (non-hydrogen) atoms. The summed E-state index contributed by atoms with van der Waals surface area (Å²) >= 11 is 0. The molecule has 0 saturated heterocycles. The zero-order valence-electron chi connectivity index (χ0n) is 16.1. The molecule has 144 valence electrons. The third-order valence-corrected chi connectivity index (χ3v) is 4.35. The Morgan fingerprint density at radius 1 is 0.893 bits per heavy atom. The van der Waals surface area contributed by atoms with Crippen LogP contribution in [0.25, 0.3) is 11.0 Å². The largest absolute Gasteiger partial charge is 0.497 e. The van der Waals surface area contributed by atoms with Gasteiger partial charge in [0.1, 0.15) is 11.5 Å². The number of Topliss-reactive ketones (excluding diaryl/α,β-unsaturated/α-hetero) is 1. The van der Waals surface area contributed by atoms with E-state index in [2.05, 4.69) is 9.97 Å². The van der Waals surface area contributed by atoms with Gasteiger partial charge in [-0.25, -0.2) is 14.8 Å². The summed E-state index contributed by atoms with van der Waals surface area (Å²) in [5, 5.41) is 0. The Bertz CT molecular complexity index is 1060. The van der Waals surface area contributed by atoms with Gasteiger partial charge in [-0.05, 0) is 44.2 Å². The van der Waals surface area contributed by atoms with Crippen LogP contribution >= 0.6 is 0 Å². The van der Waals surface area contributed by atoms with Crippen LogP contribution in [-0.4, -0.2) is 42.5 Å². The Morgan fingerprint density at radius 2 is 1.61 bits per heavy atom. The number of aromatic nitrogens is 2. The Labute approximate surface area is 162 Å². The van der Waals surface area contributed by atoms with Crippen LogP contribution in [0.1, 0.15) is 32.1 Å². The lowest BCUT2D eigenvalue weighted by molar-refractivity contribution is 0.0474. The topological polar surface area (TPSA) is 87.6 Å². The zero-order chi connectivity index (χ0) is 20.3. The molecule has 0 N–H and O–H groups in total. The van der Waals surface area contributed by atoms with Gasteiger partial charge in [-0.15, -0.1) is 0 Å². The first kappa shape index (κ1) is 19.3. The second-order valence-electron chi connectivity index (χ2n) is 6.16. The van der Waals surface area contributed by atoms with E-state index in [1.165, 1.54) is 14.2 Å². The van der Waals surface area contributed by atoms with Crippen LogP contribution in [-0.2, 0) is 4.74 Å². The molecule has 3 aromatic rings. The van der Waals surface area contributed by atoms with Crippen LogP contribution in [0.4, 0.5) is 0 Å². The van der Waals surface area contributed by atoms with E-state index in [0.717, 1.165) is 11.4 Å². The van der Waals surface area contributed by atoms with E-state index in [1.54, 1.807) is 36.4 Å². The maximum absolute atomic E-state index is 12.4. The molecule has 7 heteroatoms. The molecular formula is C21H20N2O5. The number of benzene rings is 2. The van der Waals surface area contributed by atoms with Crippen molar-refractivity contribution < 1.29 is 23.8 Å². The molecule has 0 aliphatic rings. The van der Waals surface area contributed by atoms with Crippen molar-refractivity contribution in [3.05, 3.63) is 58.9 Å². The number of rotatable bonds is 6. The molecule has 0 fully saturated rings. The fourth-order valence-electron chi connectivity index (χ4n) is 2.68. The minimum absolute atomic E-state index is 0.305. The van der Waals surface area contributed by atoms with Crippen molar-refractivity contribution >= 4 is 22.8 Å². The molecule has 0 aliphatic heterocycles. The van der Waals surface area contributed by atoms with Crippen LogP contribution in [0.2, 0.25) is 0 Å². The van der Waals surface area contributed by atoms with Crippen molar-refractivity contribution in [2.24, 2.45) is 0 Å². The number of aryl methyl sites for hydroxylation is 2. The summed E-state index contributed by atoms with van der Waals surface area (Å²) in [5.74, 6) is -0.0666. The van der Waals surface area contributed by atoms with E-state index >= 15 is 0 Å². The number of hydrogen-bond donors (Lipinski definition) is 0. The van der Waals surface area contributed by atoms with Crippen molar-refractivity contribution in [3.8, 4) is 11.5 Å². The highest BCUT2D eigenvalue weighted by molar-refractivity contribution is 6.02. The molecule has 1 aromatic heterocycles. The molecule has 0 unspecified atom stereocenters. The van der Waals surface area contributed by atoms with Crippen molar-refractivity contribution in [2.75, 3.05) is 20.8 Å². The van der Waals surface area contributed by atoms with Gasteiger partial charge >= 0.3 is 5.97 Å². The summed E-state index contributed by atoms with van der Waals surface area (Å²) in [7, 11) is 2.98. The predicted molar refractivity (Wildman–Crippen MR) is 103 cm³/mol. The van der Waals surface area contributed by atoms with E-state index in [-0.39, 0.29) is 5.78 Å². The molecule has 0 saturated carbocycles. The lowest BCUT2D eigenvalue weighted by Crippen LogP contribution is -2.15. The number of ether oxygens (including phenoxy) is 3. The average molecular weight is 380 g/mol. The number of fused-ring (bicyclic) bond motifs is 1. The molecule has 1 heterocycles. The number of carbonyl (C=O) groups excluding carboxylic acids is 2. The fraction of sp³-hybridized carbons (Fsp3) is 0.238. The van der Waals surface area contributed by atoms with Crippen LogP contribution in [0, 0.1) is 13.8 Å². The number of hydrogen-bond acceptors (Lipinski definition) is 7. The van der Waals surface area contributed by atoms with Gasteiger partial charge in [0.2, 0.25) is 5.78 Å². The van der Waals surface area contributed by atoms with Gasteiger partial charge in [0.25, 0.3) is 0 Å². The van der Waals surface area contributed by atoms with Gasteiger partial charge in [0, 0.05) is 6.07 Å². The minimum atomic E-state index is -0.609. The monoisotopic (exact) mass is 380 g/mol. The summed E-state index contributed by atoms with van der Waals surface area (Å²) in [4.78, 5) is 33.7. The number of esters is 1. The first-order valence-corrected chi connectivity index (χ1v) is 8.60. The number of methoxy groups -OCH3 is 2. The third-order valence-electron chi connectivity index (χ3n) is 4.35. The molecule has 2 aromatic carbocycles. The van der Waals surface area contributed by atoms with Crippen LogP contribution in [0.15, 0.2) is 36.4 Å². The van der Waals surface area contributed by atoms with E-state index in [0.29, 0.717) is 33.7 Å². The van der Waals surface area contributed by atoms with Crippen molar-refractivity contribution in [1.82, 2.24) is 9.97 Å². The van der Waals surface area contributed by atoms with Gasteiger partial charge < -0.3 is 14.2 Å². The second-order valence-corrected chi connectivity index (χ2v) is 6.16. The molecule has 0 atom stereocenters. The van der Waals surface area contributed by atoms with Crippen molar-refractivity contribution in [1.29, 1.82) is 0 Å². The molecule has 3 rings (SSSR count). The van der Waals surface area contributed by atoms with E-state index in [1.807, 2.05) is 13.8 Å². The number of carbonyl (C=O) groups is 2. The normalized spacial score (nSPS) is 10.6. The molecule has 0 spiro atoms. The molecule has 7 nitrogen and oxygen atoms in total. The quantitative estimate of drug-likeness (QED) is 0.479. The number of nitrogens with zero attached hydrogens (tertiary/aromatic N) is 2. The highest BCUT2D eigenvalue weighted by Crippen LogP contribution is 2.25. The Balaban J connectivity index is 1.74. The van der Waals surface area contributed by atoms with Gasteiger partial charge in [0.05, 0.1) is 47.8 Å². The first-order valence-electron chi connectivity index (χ1n) is 8.60. The first-order chi connectivity index (χ1) is 13.4. The molecule has 0 aliphatic carbocycles. The molecule has 0 radical (unpaired) electrons. The molecule has 0 amide bonds. The number of ketones is 1. The summed E-state index contributed by atoms with van der Waals surface area (Å²) in [6.07, 6.45) is 0. The highest BCUT2D eigenvalue weighted by Gasteiger charge is 2.17. The fourth-order valence-corrected chi connectivity index (χ4v) is 2.68.